The van der Waals surface area contributed by atoms with Gasteiger partial charge in [0.15, 0.2) is 11.4 Å². The first kappa shape index (κ1) is 18.1. The average Bonchev–Trinajstić information content (AvgIpc) is 2.88. The summed E-state index contributed by atoms with van der Waals surface area (Å²) in [6.45, 7) is 2.70. The second-order valence-electron chi connectivity index (χ2n) is 6.29. The van der Waals surface area contributed by atoms with Gasteiger partial charge in [0.05, 0.1) is 6.61 Å². The molecule has 0 bridgehead atoms. The van der Waals surface area contributed by atoms with Crippen molar-refractivity contribution >= 4 is 5.82 Å². The molecule has 1 atom stereocenters. The van der Waals surface area contributed by atoms with Gasteiger partial charge in [0, 0.05) is 13.1 Å². The molecule has 0 amide bonds. The van der Waals surface area contributed by atoms with E-state index in [9.17, 15) is 10.4 Å². The summed E-state index contributed by atoms with van der Waals surface area (Å²) in [6.07, 6.45) is 0.737. The number of aliphatic hydroxyl groups is 2. The number of anilines is 1. The highest BCUT2D eigenvalue weighted by molar-refractivity contribution is 5.59. The number of benzene rings is 1. The van der Waals surface area contributed by atoms with Crippen LogP contribution in [-0.2, 0) is 12.8 Å². The van der Waals surface area contributed by atoms with Crippen LogP contribution in [0.1, 0.15) is 22.5 Å². The fraction of sp³-hybridized carbons (Fsp3) is 0.421. The number of hydrogen-bond donors (Lipinski definition) is 2. The SMILES string of the molecule is Cc1nc(OC[C@H](O)CO)c(C#N)c(N2CCc3ccccc3CC2)n1. The van der Waals surface area contributed by atoms with Crippen LogP contribution in [0, 0.1) is 18.3 Å². The fourth-order valence-corrected chi connectivity index (χ4v) is 3.07. The van der Waals surface area contributed by atoms with Gasteiger partial charge in [-0.15, -0.1) is 0 Å². The van der Waals surface area contributed by atoms with E-state index in [4.69, 9.17) is 9.84 Å². The van der Waals surface area contributed by atoms with Crippen LogP contribution < -0.4 is 9.64 Å². The van der Waals surface area contributed by atoms with Crippen LogP contribution in [0.25, 0.3) is 0 Å². The Morgan fingerprint density at radius 1 is 1.23 bits per heavy atom. The molecule has 0 unspecified atom stereocenters. The normalized spacial score (nSPS) is 14.9. The van der Waals surface area contributed by atoms with Gasteiger partial charge in [-0.05, 0) is 30.9 Å². The molecular weight excluding hydrogens is 332 g/mol. The summed E-state index contributed by atoms with van der Waals surface area (Å²) in [4.78, 5) is 10.8. The molecule has 0 aliphatic carbocycles. The molecule has 3 rings (SSSR count). The van der Waals surface area contributed by atoms with Crippen molar-refractivity contribution in [1.82, 2.24) is 9.97 Å². The van der Waals surface area contributed by atoms with Crippen molar-refractivity contribution in [2.45, 2.75) is 25.9 Å². The Labute approximate surface area is 152 Å². The van der Waals surface area contributed by atoms with E-state index in [1.807, 2.05) is 12.1 Å². The molecule has 7 nitrogen and oxygen atoms in total. The second-order valence-corrected chi connectivity index (χ2v) is 6.29. The molecule has 0 saturated carbocycles. The van der Waals surface area contributed by atoms with Gasteiger partial charge in [-0.2, -0.15) is 10.2 Å². The molecule has 2 N–H and O–H groups in total. The van der Waals surface area contributed by atoms with Crippen LogP contribution in [0.15, 0.2) is 24.3 Å². The fourth-order valence-electron chi connectivity index (χ4n) is 3.07. The minimum absolute atomic E-state index is 0.132. The lowest BCUT2D eigenvalue weighted by Crippen LogP contribution is -2.29. The van der Waals surface area contributed by atoms with Crippen molar-refractivity contribution in [1.29, 1.82) is 5.26 Å². The van der Waals surface area contributed by atoms with E-state index < -0.39 is 12.7 Å². The maximum absolute atomic E-state index is 9.64. The van der Waals surface area contributed by atoms with E-state index in [1.165, 1.54) is 11.1 Å². The molecule has 0 fully saturated rings. The highest BCUT2D eigenvalue weighted by Gasteiger charge is 2.22. The molecule has 0 radical (unpaired) electrons. The van der Waals surface area contributed by atoms with E-state index in [2.05, 4.69) is 33.1 Å². The van der Waals surface area contributed by atoms with Crippen LogP contribution in [0.3, 0.4) is 0 Å². The first-order chi connectivity index (χ1) is 12.6. The molecule has 136 valence electrons. The van der Waals surface area contributed by atoms with Gasteiger partial charge in [0.1, 0.15) is 24.6 Å². The molecule has 1 aromatic heterocycles. The number of aryl methyl sites for hydroxylation is 1. The van der Waals surface area contributed by atoms with Gasteiger partial charge in [-0.25, -0.2) is 4.98 Å². The number of aliphatic hydroxyl groups excluding tert-OH is 2. The predicted octanol–water partition coefficient (Wildman–Crippen LogP) is 0.994. The summed E-state index contributed by atoms with van der Waals surface area (Å²) < 4.78 is 5.48. The number of rotatable bonds is 5. The zero-order valence-electron chi connectivity index (χ0n) is 14.7. The largest absolute Gasteiger partial charge is 0.474 e. The quantitative estimate of drug-likeness (QED) is 0.825. The monoisotopic (exact) mass is 354 g/mol. The lowest BCUT2D eigenvalue weighted by atomic mass is 10.0. The van der Waals surface area contributed by atoms with E-state index in [-0.39, 0.29) is 18.1 Å². The van der Waals surface area contributed by atoms with Crippen molar-refractivity contribution in [2.24, 2.45) is 0 Å². The molecule has 2 aromatic rings. The standard InChI is InChI=1S/C19H22N4O3/c1-13-21-18(17(10-20)19(22-13)26-12-16(25)11-24)23-8-6-14-4-2-3-5-15(14)7-9-23/h2-5,16,24-25H,6-9,11-12H2,1H3/t16-/m1/s1. The van der Waals surface area contributed by atoms with E-state index in [0.717, 1.165) is 25.9 Å². The van der Waals surface area contributed by atoms with Crippen LogP contribution in [-0.4, -0.2) is 52.6 Å². The van der Waals surface area contributed by atoms with E-state index >= 15 is 0 Å². The van der Waals surface area contributed by atoms with Gasteiger partial charge in [0.25, 0.3) is 0 Å². The third-order valence-corrected chi connectivity index (χ3v) is 4.42. The highest BCUT2D eigenvalue weighted by Crippen LogP contribution is 2.28. The number of nitrogens with zero attached hydrogens (tertiary/aromatic N) is 4. The molecule has 1 aromatic carbocycles. The van der Waals surface area contributed by atoms with Crippen LogP contribution in [0.4, 0.5) is 5.82 Å². The van der Waals surface area contributed by atoms with Crippen molar-refractivity contribution in [2.75, 3.05) is 31.2 Å². The van der Waals surface area contributed by atoms with Crippen molar-refractivity contribution in [3.8, 4) is 11.9 Å². The van der Waals surface area contributed by atoms with Crippen LogP contribution >= 0.6 is 0 Å². The highest BCUT2D eigenvalue weighted by atomic mass is 16.5. The molecular formula is C19H22N4O3. The first-order valence-corrected chi connectivity index (χ1v) is 8.64. The topological polar surface area (TPSA) is 102 Å². The van der Waals surface area contributed by atoms with Gasteiger partial charge in [0.2, 0.25) is 5.88 Å². The number of fused-ring (bicyclic) bond motifs is 1. The number of ether oxygens (including phenoxy) is 1. The number of nitriles is 1. The summed E-state index contributed by atoms with van der Waals surface area (Å²) >= 11 is 0. The molecule has 7 heteroatoms. The summed E-state index contributed by atoms with van der Waals surface area (Å²) in [6, 6.07) is 10.5. The molecule has 0 spiro atoms. The number of hydrogen-bond acceptors (Lipinski definition) is 7. The minimum atomic E-state index is -1.02. The Bertz CT molecular complexity index is 792. The Kier molecular flexibility index (Phi) is 5.66. The maximum Gasteiger partial charge on any atom is 0.237 e. The molecule has 2 heterocycles. The van der Waals surface area contributed by atoms with Gasteiger partial charge in [-0.1, -0.05) is 24.3 Å². The average molecular weight is 354 g/mol. The van der Waals surface area contributed by atoms with E-state index in [0.29, 0.717) is 11.6 Å². The lowest BCUT2D eigenvalue weighted by Gasteiger charge is -2.23. The third-order valence-electron chi connectivity index (χ3n) is 4.42. The zero-order valence-corrected chi connectivity index (χ0v) is 14.7. The van der Waals surface area contributed by atoms with Crippen molar-refractivity contribution in [3.63, 3.8) is 0 Å². The molecule has 0 saturated heterocycles. The van der Waals surface area contributed by atoms with Crippen LogP contribution in [0.5, 0.6) is 5.88 Å². The summed E-state index contributed by atoms with van der Waals surface area (Å²) in [5.74, 6) is 1.19. The predicted molar refractivity (Wildman–Crippen MR) is 96.1 cm³/mol. The number of aromatic nitrogens is 2. The third kappa shape index (κ3) is 3.93. The molecule has 26 heavy (non-hydrogen) atoms. The Morgan fingerprint density at radius 3 is 2.46 bits per heavy atom. The minimum Gasteiger partial charge on any atom is -0.474 e. The zero-order chi connectivity index (χ0) is 18.5. The lowest BCUT2D eigenvalue weighted by molar-refractivity contribution is 0.0519. The van der Waals surface area contributed by atoms with Crippen LogP contribution in [0.2, 0.25) is 0 Å². The van der Waals surface area contributed by atoms with Gasteiger partial charge >= 0.3 is 0 Å². The summed E-state index contributed by atoms with van der Waals surface area (Å²) in [5.41, 5.74) is 2.90. The smallest absolute Gasteiger partial charge is 0.237 e. The van der Waals surface area contributed by atoms with Crippen molar-refractivity contribution in [3.05, 3.63) is 46.8 Å². The Morgan fingerprint density at radius 2 is 1.88 bits per heavy atom. The Balaban J connectivity index is 1.88. The summed E-state index contributed by atoms with van der Waals surface area (Å²) in [7, 11) is 0. The van der Waals surface area contributed by atoms with Gasteiger partial charge < -0.3 is 19.8 Å². The molecule has 1 aliphatic rings. The van der Waals surface area contributed by atoms with Gasteiger partial charge in [-0.3, -0.25) is 0 Å². The summed E-state index contributed by atoms with van der Waals surface area (Å²) in [5, 5.41) is 28.1. The maximum atomic E-state index is 9.64. The first-order valence-electron chi connectivity index (χ1n) is 8.64. The van der Waals surface area contributed by atoms with E-state index in [1.54, 1.807) is 6.92 Å². The van der Waals surface area contributed by atoms with Crippen molar-refractivity contribution < 1.29 is 14.9 Å². The second kappa shape index (κ2) is 8.13. The Hall–Kier alpha value is -2.69. The molecule has 1 aliphatic heterocycles.